The number of hydrogen-bond donors (Lipinski definition) is 1. The first kappa shape index (κ1) is 10.3. The van der Waals surface area contributed by atoms with Gasteiger partial charge in [-0.3, -0.25) is 0 Å². The first-order chi connectivity index (χ1) is 6.25. The maximum absolute atomic E-state index is 11.6. The summed E-state index contributed by atoms with van der Waals surface area (Å²) in [5.74, 6) is 0.651. The minimum atomic E-state index is -1.03. The number of rotatable bonds is 4. The van der Waals surface area contributed by atoms with Crippen LogP contribution in [0.25, 0.3) is 0 Å². The van der Waals surface area contributed by atoms with Crippen molar-refractivity contribution in [2.75, 3.05) is 11.5 Å². The fourth-order valence-corrected chi connectivity index (χ4v) is 2.22. The van der Waals surface area contributed by atoms with Crippen LogP contribution in [0, 0.1) is 0 Å². The van der Waals surface area contributed by atoms with E-state index in [1.165, 1.54) is 0 Å². The van der Waals surface area contributed by atoms with Crippen LogP contribution in [0.4, 0.5) is 5.69 Å². The molecule has 0 fully saturated rings. The molecule has 1 aromatic heterocycles. The Kier molecular flexibility index (Phi) is 4.05. The van der Waals surface area contributed by atoms with Gasteiger partial charge in [-0.15, -0.1) is 0 Å². The molecule has 1 unspecified atom stereocenters. The van der Waals surface area contributed by atoms with Crippen LogP contribution in [0.1, 0.15) is 19.8 Å². The first-order valence-electron chi connectivity index (χ1n) is 4.34. The maximum atomic E-state index is 11.6. The monoisotopic (exact) mass is 198 g/mol. The summed E-state index contributed by atoms with van der Waals surface area (Å²) in [6.45, 7) is 2.07. The van der Waals surface area contributed by atoms with E-state index in [-0.39, 0.29) is 0 Å². The van der Waals surface area contributed by atoms with Crippen LogP contribution in [0.3, 0.4) is 0 Å². The Morgan fingerprint density at radius 2 is 2.38 bits per heavy atom. The minimum absolute atomic E-state index is 0.524. The van der Waals surface area contributed by atoms with Gasteiger partial charge in [-0.2, -0.15) is 0 Å². The Balaban J connectivity index is 2.65. The summed E-state index contributed by atoms with van der Waals surface area (Å²) in [7, 11) is 0. The molecule has 0 spiro atoms. The molecule has 0 aliphatic heterocycles. The van der Waals surface area contributed by atoms with E-state index in [1.54, 1.807) is 18.3 Å². The summed E-state index contributed by atoms with van der Waals surface area (Å²) in [6.07, 6.45) is 3.61. The second kappa shape index (κ2) is 5.09. The second-order valence-electron chi connectivity index (χ2n) is 2.80. The molecule has 2 N–H and O–H groups in total. The van der Waals surface area contributed by atoms with Crippen molar-refractivity contribution in [2.45, 2.75) is 24.8 Å². The lowest BCUT2D eigenvalue weighted by Gasteiger charge is -2.09. The van der Waals surface area contributed by atoms with Crippen LogP contribution in [-0.2, 0) is 11.2 Å². The van der Waals surface area contributed by atoms with Gasteiger partial charge in [-0.1, -0.05) is 13.3 Å². The van der Waals surface area contributed by atoms with Crippen molar-refractivity contribution in [3.8, 4) is 0 Å². The van der Waals surface area contributed by atoms with Gasteiger partial charge in [0, 0.05) is 17.4 Å². The summed E-state index contributed by atoms with van der Waals surface area (Å²) in [5, 5.41) is 0.524. The predicted molar refractivity (Wildman–Crippen MR) is 54.8 cm³/mol. The Hall–Kier alpha value is -0.740. The molecule has 1 heterocycles. The molecule has 0 bridgehead atoms. The van der Waals surface area contributed by atoms with E-state index in [4.69, 9.17) is 5.73 Å². The van der Waals surface area contributed by atoms with Crippen molar-refractivity contribution in [1.29, 1.82) is 0 Å². The highest BCUT2D eigenvalue weighted by molar-refractivity contribution is 7.91. The first-order valence-corrected chi connectivity index (χ1v) is 5.66. The quantitative estimate of drug-likeness (QED) is 0.747. The van der Waals surface area contributed by atoms with E-state index in [2.05, 4.69) is 11.9 Å². The average Bonchev–Trinajstić information content (AvgIpc) is 2.15. The number of nitrogens with two attached hydrogens (primary N) is 1. The Morgan fingerprint density at radius 3 is 3.00 bits per heavy atom. The van der Waals surface area contributed by atoms with E-state index in [0.717, 1.165) is 12.8 Å². The summed E-state index contributed by atoms with van der Waals surface area (Å²) in [6, 6.07) is 3.47. The van der Waals surface area contributed by atoms with E-state index >= 15 is 0 Å². The lowest BCUT2D eigenvalue weighted by molar-refractivity contribution is 0.588. The molecule has 72 valence electrons. The van der Waals surface area contributed by atoms with Crippen LogP contribution in [0.5, 0.6) is 0 Å². The van der Waals surface area contributed by atoms with E-state index < -0.39 is 11.2 Å². The van der Waals surface area contributed by atoms with Crippen molar-refractivity contribution in [3.63, 3.8) is 0 Å². The van der Waals surface area contributed by atoms with Gasteiger partial charge in [-0.25, -0.2) is 4.98 Å². The number of hydrogen-bond acceptors (Lipinski definition) is 3. The van der Waals surface area contributed by atoms with E-state index in [0.29, 0.717) is 16.5 Å². The highest BCUT2D eigenvalue weighted by atomic mass is 32.2. The molecule has 13 heavy (non-hydrogen) atoms. The molecule has 1 rings (SSSR count). The summed E-state index contributed by atoms with van der Waals surface area (Å²) >= 11 is -1.03. The van der Waals surface area contributed by atoms with E-state index in [9.17, 15) is 4.55 Å². The summed E-state index contributed by atoms with van der Waals surface area (Å²) < 4.78 is 11.6. The normalized spacial score (nSPS) is 12.8. The van der Waals surface area contributed by atoms with E-state index in [1.807, 2.05) is 0 Å². The molecular formula is C9H14N2OS. The molecule has 4 heteroatoms. The van der Waals surface area contributed by atoms with Gasteiger partial charge in [0.2, 0.25) is 0 Å². The fourth-order valence-electron chi connectivity index (χ4n) is 0.966. The standard InChI is InChI=1S/C9H14N2OS/c1-2-3-7-13(12)9-8(10)5-4-6-11-9/h4-6H,2-3,7,10H2,1H3. The Labute approximate surface area is 81.5 Å². The number of unbranched alkanes of at least 4 members (excludes halogenated alkanes) is 1. The zero-order valence-electron chi connectivity index (χ0n) is 7.69. The molecule has 0 aromatic carbocycles. The number of pyridine rings is 1. The van der Waals surface area contributed by atoms with Gasteiger partial charge in [0.15, 0.2) is 0 Å². The maximum Gasteiger partial charge on any atom is 0.267 e. The van der Waals surface area contributed by atoms with Gasteiger partial charge in [0.05, 0.1) is 0 Å². The Morgan fingerprint density at radius 1 is 1.62 bits per heavy atom. The number of aromatic nitrogens is 1. The Bertz CT molecular complexity index is 268. The highest BCUT2D eigenvalue weighted by Crippen LogP contribution is 2.16. The number of anilines is 1. The van der Waals surface area contributed by atoms with Crippen molar-refractivity contribution in [2.24, 2.45) is 0 Å². The largest absolute Gasteiger partial charge is 0.610 e. The van der Waals surface area contributed by atoms with Gasteiger partial charge >= 0.3 is 0 Å². The SMILES string of the molecule is CCCC[S+]([O-])c1ncccc1N. The number of nitrogens with zero attached hydrogens (tertiary/aromatic N) is 1. The zero-order valence-corrected chi connectivity index (χ0v) is 8.51. The van der Waals surface area contributed by atoms with Crippen LogP contribution >= 0.6 is 0 Å². The molecule has 1 aromatic rings. The number of nitrogen functional groups attached to an aromatic ring is 1. The molecule has 0 saturated heterocycles. The average molecular weight is 198 g/mol. The molecule has 3 nitrogen and oxygen atoms in total. The van der Waals surface area contributed by atoms with Crippen LogP contribution < -0.4 is 5.73 Å². The van der Waals surface area contributed by atoms with Gasteiger partial charge < -0.3 is 10.3 Å². The molecule has 0 amide bonds. The van der Waals surface area contributed by atoms with Gasteiger partial charge in [-0.05, 0) is 18.6 Å². The predicted octanol–water partition coefficient (Wildman–Crippen LogP) is 1.57. The van der Waals surface area contributed by atoms with Gasteiger partial charge in [0.25, 0.3) is 5.03 Å². The third-order valence-corrected chi connectivity index (χ3v) is 3.13. The van der Waals surface area contributed by atoms with Crippen molar-refractivity contribution >= 4 is 16.9 Å². The van der Waals surface area contributed by atoms with Crippen molar-refractivity contribution < 1.29 is 4.55 Å². The topological polar surface area (TPSA) is 62.0 Å². The molecule has 0 saturated carbocycles. The lowest BCUT2D eigenvalue weighted by atomic mass is 10.4. The fraction of sp³-hybridized carbons (Fsp3) is 0.444. The summed E-state index contributed by atoms with van der Waals surface area (Å²) in [5.41, 5.74) is 6.16. The van der Waals surface area contributed by atoms with Crippen molar-refractivity contribution in [3.05, 3.63) is 18.3 Å². The third kappa shape index (κ3) is 2.90. The molecule has 0 aliphatic rings. The van der Waals surface area contributed by atoms with Crippen LogP contribution in [0.15, 0.2) is 23.4 Å². The zero-order chi connectivity index (χ0) is 9.68. The molecule has 0 aliphatic carbocycles. The van der Waals surface area contributed by atoms with Crippen LogP contribution in [0.2, 0.25) is 0 Å². The minimum Gasteiger partial charge on any atom is -0.610 e. The third-order valence-electron chi connectivity index (χ3n) is 1.70. The lowest BCUT2D eigenvalue weighted by Crippen LogP contribution is -2.11. The van der Waals surface area contributed by atoms with Crippen molar-refractivity contribution in [1.82, 2.24) is 4.98 Å². The smallest absolute Gasteiger partial charge is 0.267 e. The molecule has 1 atom stereocenters. The molecule has 0 radical (unpaired) electrons. The van der Waals surface area contributed by atoms with Crippen LogP contribution in [-0.4, -0.2) is 15.3 Å². The van der Waals surface area contributed by atoms with Gasteiger partial charge in [0.1, 0.15) is 11.4 Å². The highest BCUT2D eigenvalue weighted by Gasteiger charge is 2.14. The molecular weight excluding hydrogens is 184 g/mol. The summed E-state index contributed by atoms with van der Waals surface area (Å²) in [4.78, 5) is 4.01. The second-order valence-corrected chi connectivity index (χ2v) is 4.29.